The van der Waals surface area contributed by atoms with Crippen LogP contribution in [0.3, 0.4) is 0 Å². The van der Waals surface area contributed by atoms with E-state index in [0.29, 0.717) is 6.04 Å². The van der Waals surface area contributed by atoms with Gasteiger partial charge in [0.15, 0.2) is 0 Å². The molecule has 2 N–H and O–H groups in total. The second-order valence-electron chi connectivity index (χ2n) is 6.03. The zero-order chi connectivity index (χ0) is 13.2. The lowest BCUT2D eigenvalue weighted by atomic mass is 9.92. The maximum atomic E-state index is 5.94. The Morgan fingerprint density at radius 2 is 2.25 bits per heavy atom. The van der Waals surface area contributed by atoms with Gasteiger partial charge in [0.1, 0.15) is 5.75 Å². The van der Waals surface area contributed by atoms with Crippen molar-refractivity contribution in [2.75, 3.05) is 19.7 Å². The third-order valence-corrected chi connectivity index (χ3v) is 4.51. The first-order valence-electron chi connectivity index (χ1n) is 7.45. The standard InChI is InChI=1S/C16H24N2O.ClH/c1-12-4-6-18(15(8-12)10-17)11-13-2-3-16-14(9-13)5-7-19-16;/h2-3,9,12,15H,4-8,10-11,17H2,1H3;1H. The average Bonchev–Trinajstić information content (AvgIpc) is 2.88. The number of likely N-dealkylation sites (tertiary alicyclic amines) is 1. The summed E-state index contributed by atoms with van der Waals surface area (Å²) in [6.07, 6.45) is 3.59. The molecular formula is C16H25ClN2O. The first-order chi connectivity index (χ1) is 9.26. The fraction of sp³-hybridized carbons (Fsp3) is 0.625. The molecule has 1 fully saturated rings. The number of ether oxygens (including phenoxy) is 1. The maximum Gasteiger partial charge on any atom is 0.122 e. The fourth-order valence-electron chi connectivity index (χ4n) is 3.33. The molecule has 2 aliphatic heterocycles. The lowest BCUT2D eigenvalue weighted by Gasteiger charge is -2.38. The van der Waals surface area contributed by atoms with Crippen molar-refractivity contribution >= 4 is 12.4 Å². The Hall–Kier alpha value is -0.770. The zero-order valence-corrected chi connectivity index (χ0v) is 13.0. The zero-order valence-electron chi connectivity index (χ0n) is 12.2. The molecule has 2 unspecified atom stereocenters. The summed E-state index contributed by atoms with van der Waals surface area (Å²) in [5.41, 5.74) is 8.71. The highest BCUT2D eigenvalue weighted by Gasteiger charge is 2.25. The molecule has 1 aromatic carbocycles. The highest BCUT2D eigenvalue weighted by Crippen LogP contribution is 2.28. The van der Waals surface area contributed by atoms with Gasteiger partial charge in [-0.05, 0) is 42.5 Å². The van der Waals surface area contributed by atoms with Crippen molar-refractivity contribution in [2.24, 2.45) is 11.7 Å². The summed E-state index contributed by atoms with van der Waals surface area (Å²) in [6, 6.07) is 7.19. The van der Waals surface area contributed by atoms with Crippen molar-refractivity contribution in [3.63, 3.8) is 0 Å². The highest BCUT2D eigenvalue weighted by atomic mass is 35.5. The van der Waals surface area contributed by atoms with Crippen molar-refractivity contribution < 1.29 is 4.74 Å². The topological polar surface area (TPSA) is 38.5 Å². The van der Waals surface area contributed by atoms with E-state index < -0.39 is 0 Å². The van der Waals surface area contributed by atoms with Gasteiger partial charge >= 0.3 is 0 Å². The quantitative estimate of drug-likeness (QED) is 0.932. The van der Waals surface area contributed by atoms with Gasteiger partial charge < -0.3 is 10.5 Å². The molecule has 2 aliphatic rings. The van der Waals surface area contributed by atoms with E-state index in [2.05, 4.69) is 30.0 Å². The third-order valence-electron chi connectivity index (χ3n) is 4.51. The minimum atomic E-state index is 0. The smallest absolute Gasteiger partial charge is 0.122 e. The van der Waals surface area contributed by atoms with Gasteiger partial charge in [0.2, 0.25) is 0 Å². The molecular weight excluding hydrogens is 272 g/mol. The third kappa shape index (κ3) is 3.27. The van der Waals surface area contributed by atoms with E-state index in [-0.39, 0.29) is 12.4 Å². The first-order valence-corrected chi connectivity index (χ1v) is 7.45. The van der Waals surface area contributed by atoms with Gasteiger partial charge in [-0.15, -0.1) is 12.4 Å². The molecule has 1 saturated heterocycles. The maximum absolute atomic E-state index is 5.94. The number of hydrogen-bond acceptors (Lipinski definition) is 3. The van der Waals surface area contributed by atoms with Crippen molar-refractivity contribution in [1.29, 1.82) is 0 Å². The number of benzene rings is 1. The van der Waals surface area contributed by atoms with E-state index in [0.717, 1.165) is 37.8 Å². The average molecular weight is 297 g/mol. The lowest BCUT2D eigenvalue weighted by molar-refractivity contribution is 0.115. The number of hydrogen-bond donors (Lipinski definition) is 1. The van der Waals surface area contributed by atoms with Crippen LogP contribution < -0.4 is 10.5 Å². The lowest BCUT2D eigenvalue weighted by Crippen LogP contribution is -2.45. The molecule has 2 heterocycles. The summed E-state index contributed by atoms with van der Waals surface area (Å²) in [7, 11) is 0. The van der Waals surface area contributed by atoms with E-state index in [9.17, 15) is 0 Å². The predicted octanol–water partition coefficient (Wildman–Crippen LogP) is 2.60. The number of rotatable bonds is 3. The molecule has 0 amide bonds. The van der Waals surface area contributed by atoms with E-state index in [1.54, 1.807) is 0 Å². The van der Waals surface area contributed by atoms with E-state index in [1.165, 1.54) is 30.5 Å². The van der Waals surface area contributed by atoms with Crippen LogP contribution in [0, 0.1) is 5.92 Å². The number of piperidine rings is 1. The van der Waals surface area contributed by atoms with Crippen molar-refractivity contribution in [3.8, 4) is 5.75 Å². The monoisotopic (exact) mass is 296 g/mol. The van der Waals surface area contributed by atoms with Crippen LogP contribution in [0.4, 0.5) is 0 Å². The van der Waals surface area contributed by atoms with Gasteiger partial charge in [-0.2, -0.15) is 0 Å². The molecule has 0 radical (unpaired) electrons. The Morgan fingerprint density at radius 1 is 1.40 bits per heavy atom. The fourth-order valence-corrected chi connectivity index (χ4v) is 3.33. The van der Waals surface area contributed by atoms with Crippen LogP contribution in [-0.2, 0) is 13.0 Å². The normalized spacial score (nSPS) is 25.7. The second-order valence-corrected chi connectivity index (χ2v) is 6.03. The molecule has 0 bridgehead atoms. The van der Waals surface area contributed by atoms with Gasteiger partial charge in [-0.25, -0.2) is 0 Å². The van der Waals surface area contributed by atoms with Crippen LogP contribution in [0.1, 0.15) is 30.9 Å². The summed E-state index contributed by atoms with van der Waals surface area (Å²) in [6.45, 7) is 6.16. The van der Waals surface area contributed by atoms with Crippen LogP contribution in [0.2, 0.25) is 0 Å². The Labute approximate surface area is 127 Å². The minimum absolute atomic E-state index is 0. The number of nitrogens with two attached hydrogens (primary N) is 1. The summed E-state index contributed by atoms with van der Waals surface area (Å²) in [4.78, 5) is 2.55. The van der Waals surface area contributed by atoms with E-state index >= 15 is 0 Å². The van der Waals surface area contributed by atoms with E-state index in [1.807, 2.05) is 0 Å². The Kier molecular flexibility index (Phi) is 5.30. The Bertz CT molecular complexity index is 452. The molecule has 3 nitrogen and oxygen atoms in total. The van der Waals surface area contributed by atoms with Crippen LogP contribution in [0.25, 0.3) is 0 Å². The summed E-state index contributed by atoms with van der Waals surface area (Å²) >= 11 is 0. The molecule has 2 atom stereocenters. The summed E-state index contributed by atoms with van der Waals surface area (Å²) in [5.74, 6) is 1.89. The van der Waals surface area contributed by atoms with Crippen molar-refractivity contribution in [1.82, 2.24) is 4.90 Å². The van der Waals surface area contributed by atoms with Crippen LogP contribution in [0.15, 0.2) is 18.2 Å². The van der Waals surface area contributed by atoms with Gasteiger partial charge in [0.25, 0.3) is 0 Å². The van der Waals surface area contributed by atoms with Crippen LogP contribution in [-0.4, -0.2) is 30.6 Å². The largest absolute Gasteiger partial charge is 0.493 e. The van der Waals surface area contributed by atoms with Gasteiger partial charge in [0.05, 0.1) is 6.61 Å². The predicted molar refractivity (Wildman–Crippen MR) is 84.5 cm³/mol. The number of nitrogens with zero attached hydrogens (tertiary/aromatic N) is 1. The molecule has 20 heavy (non-hydrogen) atoms. The second kappa shape index (κ2) is 6.79. The molecule has 1 aromatic rings. The highest BCUT2D eigenvalue weighted by molar-refractivity contribution is 5.85. The summed E-state index contributed by atoms with van der Waals surface area (Å²) in [5, 5.41) is 0. The number of fused-ring (bicyclic) bond motifs is 1. The van der Waals surface area contributed by atoms with Crippen LogP contribution in [0.5, 0.6) is 5.75 Å². The minimum Gasteiger partial charge on any atom is -0.493 e. The van der Waals surface area contributed by atoms with E-state index in [4.69, 9.17) is 10.5 Å². The molecule has 4 heteroatoms. The Morgan fingerprint density at radius 3 is 3.05 bits per heavy atom. The van der Waals surface area contributed by atoms with Crippen molar-refractivity contribution in [2.45, 2.75) is 38.8 Å². The van der Waals surface area contributed by atoms with Gasteiger partial charge in [-0.3, -0.25) is 4.90 Å². The SMILES string of the molecule is CC1CCN(Cc2ccc3c(c2)CCO3)C(CN)C1.Cl. The Balaban J connectivity index is 0.00000147. The first kappa shape index (κ1) is 15.6. The summed E-state index contributed by atoms with van der Waals surface area (Å²) < 4.78 is 5.57. The molecule has 3 rings (SSSR count). The van der Waals surface area contributed by atoms with Crippen molar-refractivity contribution in [3.05, 3.63) is 29.3 Å². The van der Waals surface area contributed by atoms with Gasteiger partial charge in [-0.1, -0.05) is 19.1 Å². The number of halogens is 1. The molecule has 0 aliphatic carbocycles. The molecule has 0 aromatic heterocycles. The molecule has 112 valence electrons. The molecule has 0 spiro atoms. The molecule has 0 saturated carbocycles. The van der Waals surface area contributed by atoms with Crippen LogP contribution >= 0.6 is 12.4 Å². The van der Waals surface area contributed by atoms with Gasteiger partial charge in [0, 0.05) is 25.6 Å².